The summed E-state index contributed by atoms with van der Waals surface area (Å²) in [6, 6.07) is 10.00. The number of aryl methyl sites for hydroxylation is 1. The summed E-state index contributed by atoms with van der Waals surface area (Å²) in [5, 5.41) is 12.1. The molecule has 0 spiro atoms. The van der Waals surface area contributed by atoms with Gasteiger partial charge in [0.2, 0.25) is 0 Å². The molecule has 0 fully saturated rings. The molecule has 3 nitrogen and oxygen atoms in total. The van der Waals surface area contributed by atoms with E-state index in [-0.39, 0.29) is 6.04 Å². The van der Waals surface area contributed by atoms with Crippen LogP contribution in [0, 0.1) is 0 Å². The van der Waals surface area contributed by atoms with Crippen LogP contribution in [-0.4, -0.2) is 23.7 Å². The molecule has 3 heteroatoms. The van der Waals surface area contributed by atoms with Gasteiger partial charge in [0.25, 0.3) is 0 Å². The number of rotatable bonds is 9. The smallest absolute Gasteiger partial charge is 0.320 e. The van der Waals surface area contributed by atoms with Crippen LogP contribution >= 0.6 is 0 Å². The monoisotopic (exact) mass is 249 g/mol. The summed E-state index contributed by atoms with van der Waals surface area (Å²) in [5.74, 6) is -0.736. The number of hydrogen-bond acceptors (Lipinski definition) is 2. The highest BCUT2D eigenvalue weighted by molar-refractivity contribution is 5.73. The fourth-order valence-corrected chi connectivity index (χ4v) is 1.98. The number of nitrogens with one attached hydrogen (secondary N) is 1. The Morgan fingerprint density at radius 1 is 1.28 bits per heavy atom. The lowest BCUT2D eigenvalue weighted by Gasteiger charge is -2.13. The second-order valence-electron chi connectivity index (χ2n) is 4.58. The third-order valence-electron chi connectivity index (χ3n) is 3.00. The Labute approximate surface area is 109 Å². The van der Waals surface area contributed by atoms with Gasteiger partial charge in [0.15, 0.2) is 0 Å². The maximum atomic E-state index is 10.9. The first-order valence-corrected chi connectivity index (χ1v) is 6.74. The maximum Gasteiger partial charge on any atom is 0.320 e. The van der Waals surface area contributed by atoms with Crippen molar-refractivity contribution in [3.05, 3.63) is 35.9 Å². The fourth-order valence-electron chi connectivity index (χ4n) is 1.98. The zero-order valence-electron chi connectivity index (χ0n) is 11.1. The number of unbranched alkanes of at least 4 members (excludes halogenated alkanes) is 1. The highest BCUT2D eigenvalue weighted by atomic mass is 16.4. The van der Waals surface area contributed by atoms with Gasteiger partial charge in [0.05, 0.1) is 0 Å². The quantitative estimate of drug-likeness (QED) is 0.662. The predicted molar refractivity (Wildman–Crippen MR) is 73.7 cm³/mol. The van der Waals surface area contributed by atoms with Crippen LogP contribution in [0.4, 0.5) is 0 Å². The Kier molecular flexibility index (Phi) is 7.11. The standard InChI is InChI=1S/C15H23NO2/c1-2-8-14(15(17)18)16-12-7-6-11-13-9-4-3-5-10-13/h3-5,9-10,14,16H,2,6-8,11-12H2,1H3,(H,17,18). The molecule has 2 N–H and O–H groups in total. The topological polar surface area (TPSA) is 49.3 Å². The zero-order chi connectivity index (χ0) is 13.2. The normalized spacial score (nSPS) is 12.3. The van der Waals surface area contributed by atoms with Gasteiger partial charge in [-0.05, 0) is 37.8 Å². The van der Waals surface area contributed by atoms with E-state index in [1.165, 1.54) is 5.56 Å². The maximum absolute atomic E-state index is 10.9. The molecule has 1 aromatic rings. The van der Waals surface area contributed by atoms with E-state index >= 15 is 0 Å². The van der Waals surface area contributed by atoms with Crippen molar-refractivity contribution in [1.82, 2.24) is 5.32 Å². The van der Waals surface area contributed by atoms with E-state index in [0.29, 0.717) is 6.42 Å². The molecule has 1 aromatic carbocycles. The summed E-state index contributed by atoms with van der Waals surface area (Å²) >= 11 is 0. The van der Waals surface area contributed by atoms with Crippen molar-refractivity contribution in [3.63, 3.8) is 0 Å². The molecular formula is C15H23NO2. The van der Waals surface area contributed by atoms with Gasteiger partial charge >= 0.3 is 5.97 Å². The van der Waals surface area contributed by atoms with E-state index in [1.54, 1.807) is 0 Å². The second kappa shape index (κ2) is 8.70. The Hall–Kier alpha value is -1.35. The first-order chi connectivity index (χ1) is 8.74. The lowest BCUT2D eigenvalue weighted by molar-refractivity contribution is -0.139. The molecule has 0 bridgehead atoms. The van der Waals surface area contributed by atoms with Crippen molar-refractivity contribution in [1.29, 1.82) is 0 Å². The molecule has 18 heavy (non-hydrogen) atoms. The van der Waals surface area contributed by atoms with Crippen molar-refractivity contribution in [2.24, 2.45) is 0 Å². The number of benzene rings is 1. The predicted octanol–water partition coefficient (Wildman–Crippen LogP) is 2.85. The lowest BCUT2D eigenvalue weighted by atomic mass is 10.1. The highest BCUT2D eigenvalue weighted by Gasteiger charge is 2.14. The van der Waals surface area contributed by atoms with Gasteiger partial charge in [0, 0.05) is 0 Å². The van der Waals surface area contributed by atoms with Crippen molar-refractivity contribution >= 4 is 5.97 Å². The van der Waals surface area contributed by atoms with Crippen LogP contribution in [0.15, 0.2) is 30.3 Å². The fraction of sp³-hybridized carbons (Fsp3) is 0.533. The summed E-state index contributed by atoms with van der Waals surface area (Å²) in [5.41, 5.74) is 1.35. The Bertz CT molecular complexity index is 338. The summed E-state index contributed by atoms with van der Waals surface area (Å²) in [6.45, 7) is 2.79. The van der Waals surface area contributed by atoms with Crippen LogP contribution in [-0.2, 0) is 11.2 Å². The molecule has 0 amide bonds. The van der Waals surface area contributed by atoms with E-state index in [4.69, 9.17) is 5.11 Å². The van der Waals surface area contributed by atoms with Crippen molar-refractivity contribution in [3.8, 4) is 0 Å². The summed E-state index contributed by atoms with van der Waals surface area (Å²) in [7, 11) is 0. The second-order valence-corrected chi connectivity index (χ2v) is 4.58. The lowest BCUT2D eigenvalue weighted by Crippen LogP contribution is -2.37. The van der Waals surface area contributed by atoms with E-state index in [0.717, 1.165) is 32.2 Å². The van der Waals surface area contributed by atoms with Crippen LogP contribution < -0.4 is 5.32 Å². The van der Waals surface area contributed by atoms with Crippen LogP contribution in [0.3, 0.4) is 0 Å². The van der Waals surface area contributed by atoms with Crippen molar-refractivity contribution in [2.45, 2.75) is 45.1 Å². The van der Waals surface area contributed by atoms with E-state index in [9.17, 15) is 4.79 Å². The first-order valence-electron chi connectivity index (χ1n) is 6.74. The van der Waals surface area contributed by atoms with Gasteiger partial charge in [-0.15, -0.1) is 0 Å². The number of carbonyl (C=O) groups is 1. The van der Waals surface area contributed by atoms with Gasteiger partial charge in [0.1, 0.15) is 6.04 Å². The van der Waals surface area contributed by atoms with Gasteiger partial charge in [-0.1, -0.05) is 43.7 Å². The van der Waals surface area contributed by atoms with Crippen molar-refractivity contribution < 1.29 is 9.90 Å². The van der Waals surface area contributed by atoms with Crippen molar-refractivity contribution in [2.75, 3.05) is 6.54 Å². The first kappa shape index (κ1) is 14.7. The van der Waals surface area contributed by atoms with Crippen LogP contribution in [0.25, 0.3) is 0 Å². The van der Waals surface area contributed by atoms with Gasteiger partial charge in [-0.3, -0.25) is 4.79 Å². The molecule has 0 radical (unpaired) electrons. The molecule has 0 aliphatic rings. The SMILES string of the molecule is CCCC(NCCCCc1ccccc1)C(=O)O. The van der Waals surface area contributed by atoms with Crippen LogP contribution in [0.5, 0.6) is 0 Å². The minimum Gasteiger partial charge on any atom is -0.480 e. The van der Waals surface area contributed by atoms with Gasteiger partial charge in [-0.25, -0.2) is 0 Å². The number of carboxylic acids is 1. The minimum absolute atomic E-state index is 0.383. The Morgan fingerprint density at radius 2 is 2.00 bits per heavy atom. The molecule has 0 saturated heterocycles. The molecule has 0 aliphatic heterocycles. The summed E-state index contributed by atoms with van der Waals surface area (Å²) in [6.07, 6.45) is 4.77. The molecular weight excluding hydrogens is 226 g/mol. The molecule has 0 aliphatic carbocycles. The third kappa shape index (κ3) is 5.82. The third-order valence-corrected chi connectivity index (χ3v) is 3.00. The molecule has 1 rings (SSSR count). The van der Waals surface area contributed by atoms with Gasteiger partial charge < -0.3 is 10.4 Å². The number of carboxylic acid groups (broad SMARTS) is 1. The largest absolute Gasteiger partial charge is 0.480 e. The number of hydrogen-bond donors (Lipinski definition) is 2. The number of aliphatic carboxylic acids is 1. The van der Waals surface area contributed by atoms with Crippen LogP contribution in [0.2, 0.25) is 0 Å². The highest BCUT2D eigenvalue weighted by Crippen LogP contribution is 2.04. The molecule has 1 unspecified atom stereocenters. The van der Waals surface area contributed by atoms with E-state index < -0.39 is 5.97 Å². The molecule has 0 aromatic heterocycles. The molecule has 100 valence electrons. The molecule has 0 heterocycles. The molecule has 0 saturated carbocycles. The average Bonchev–Trinajstić information content (AvgIpc) is 2.38. The van der Waals surface area contributed by atoms with Gasteiger partial charge in [-0.2, -0.15) is 0 Å². The van der Waals surface area contributed by atoms with E-state index in [2.05, 4.69) is 29.6 Å². The Morgan fingerprint density at radius 3 is 2.61 bits per heavy atom. The zero-order valence-corrected chi connectivity index (χ0v) is 11.1. The average molecular weight is 249 g/mol. The summed E-state index contributed by atoms with van der Waals surface area (Å²) in [4.78, 5) is 10.9. The van der Waals surface area contributed by atoms with Crippen LogP contribution in [0.1, 0.15) is 38.2 Å². The Balaban J connectivity index is 2.12. The molecule has 1 atom stereocenters. The summed E-state index contributed by atoms with van der Waals surface area (Å²) < 4.78 is 0. The minimum atomic E-state index is -0.736. The van der Waals surface area contributed by atoms with E-state index in [1.807, 2.05) is 13.0 Å².